The van der Waals surface area contributed by atoms with Crippen molar-refractivity contribution in [2.45, 2.75) is 23.1 Å². The van der Waals surface area contributed by atoms with E-state index in [2.05, 4.69) is 5.32 Å². The average Bonchev–Trinajstić information content (AvgIpc) is 2.97. The maximum Gasteiger partial charge on any atom is 0.243 e. The van der Waals surface area contributed by atoms with E-state index >= 15 is 0 Å². The van der Waals surface area contributed by atoms with Crippen molar-refractivity contribution in [2.75, 3.05) is 32.4 Å². The second-order valence-electron chi connectivity index (χ2n) is 5.45. The molecule has 1 N–H and O–H groups in total. The minimum Gasteiger partial charge on any atom is -0.319 e. The summed E-state index contributed by atoms with van der Waals surface area (Å²) in [6.45, 7) is 3.25. The average molecular weight is 346 g/mol. The lowest BCUT2D eigenvalue weighted by molar-refractivity contribution is 0.451. The Morgan fingerprint density at radius 1 is 1.23 bits per heavy atom. The Labute approximate surface area is 132 Å². The van der Waals surface area contributed by atoms with Gasteiger partial charge in [-0.05, 0) is 44.1 Å². The van der Waals surface area contributed by atoms with Crippen molar-refractivity contribution < 1.29 is 16.8 Å². The molecule has 22 heavy (non-hydrogen) atoms. The van der Waals surface area contributed by atoms with Gasteiger partial charge in [0.25, 0.3) is 0 Å². The Bertz CT molecular complexity index is 729. The van der Waals surface area contributed by atoms with Gasteiger partial charge in [-0.3, -0.25) is 0 Å². The molecule has 1 saturated heterocycles. The standard InChI is InChI=1S/C14H22N2O4S2/c1-3-21(17,18)13-5-4-6-14(9-13)22(19,20)16-8-7-12(11-16)10-15-2/h4-6,9,12,15H,3,7-8,10-11H2,1-2H3. The van der Waals surface area contributed by atoms with E-state index in [1.807, 2.05) is 7.05 Å². The van der Waals surface area contributed by atoms with Crippen molar-refractivity contribution in [1.29, 1.82) is 0 Å². The van der Waals surface area contributed by atoms with E-state index < -0.39 is 19.9 Å². The Balaban J connectivity index is 2.30. The van der Waals surface area contributed by atoms with Gasteiger partial charge in [0.2, 0.25) is 10.0 Å². The smallest absolute Gasteiger partial charge is 0.243 e. The number of hydrogen-bond donors (Lipinski definition) is 1. The van der Waals surface area contributed by atoms with Crippen LogP contribution in [-0.2, 0) is 19.9 Å². The van der Waals surface area contributed by atoms with Gasteiger partial charge >= 0.3 is 0 Å². The zero-order valence-corrected chi connectivity index (χ0v) is 14.5. The van der Waals surface area contributed by atoms with Gasteiger partial charge in [-0.1, -0.05) is 13.0 Å². The van der Waals surface area contributed by atoms with E-state index in [0.29, 0.717) is 19.0 Å². The molecule has 0 saturated carbocycles. The molecule has 0 aliphatic carbocycles. The first kappa shape index (κ1) is 17.4. The highest BCUT2D eigenvalue weighted by Gasteiger charge is 2.32. The molecule has 1 unspecified atom stereocenters. The quantitative estimate of drug-likeness (QED) is 0.820. The van der Waals surface area contributed by atoms with Crippen LogP contribution < -0.4 is 5.32 Å². The highest BCUT2D eigenvalue weighted by Crippen LogP contribution is 2.25. The van der Waals surface area contributed by atoms with E-state index in [1.54, 1.807) is 6.92 Å². The molecule has 6 nitrogen and oxygen atoms in total. The molecule has 1 aliphatic rings. The Morgan fingerprint density at radius 3 is 2.55 bits per heavy atom. The molecule has 1 aromatic rings. The first-order valence-electron chi connectivity index (χ1n) is 7.29. The van der Waals surface area contributed by atoms with E-state index in [4.69, 9.17) is 0 Å². The summed E-state index contributed by atoms with van der Waals surface area (Å²) in [7, 11) is -5.21. The van der Waals surface area contributed by atoms with E-state index in [-0.39, 0.29) is 15.5 Å². The summed E-state index contributed by atoms with van der Waals surface area (Å²) in [5, 5.41) is 3.06. The van der Waals surface area contributed by atoms with Gasteiger partial charge in [0.1, 0.15) is 0 Å². The predicted octanol–water partition coefficient (Wildman–Crippen LogP) is 0.710. The zero-order chi connectivity index (χ0) is 16.4. The molecule has 1 heterocycles. The largest absolute Gasteiger partial charge is 0.319 e. The summed E-state index contributed by atoms with van der Waals surface area (Å²) in [5.74, 6) is 0.243. The second kappa shape index (κ2) is 6.66. The number of benzene rings is 1. The maximum atomic E-state index is 12.7. The second-order valence-corrected chi connectivity index (χ2v) is 9.67. The molecular formula is C14H22N2O4S2. The normalized spacial score (nSPS) is 20.4. The van der Waals surface area contributed by atoms with Crippen molar-refractivity contribution in [1.82, 2.24) is 9.62 Å². The molecule has 124 valence electrons. The number of rotatable bonds is 6. The summed E-state index contributed by atoms with van der Waals surface area (Å²) in [5.41, 5.74) is 0. The lowest BCUT2D eigenvalue weighted by Crippen LogP contribution is -2.30. The van der Waals surface area contributed by atoms with Gasteiger partial charge in [0.15, 0.2) is 9.84 Å². The van der Waals surface area contributed by atoms with Crippen molar-refractivity contribution in [3.05, 3.63) is 24.3 Å². The van der Waals surface area contributed by atoms with Gasteiger partial charge in [0, 0.05) is 13.1 Å². The van der Waals surface area contributed by atoms with Crippen molar-refractivity contribution in [3.8, 4) is 0 Å². The summed E-state index contributed by atoms with van der Waals surface area (Å²) < 4.78 is 50.6. The number of nitrogens with zero attached hydrogens (tertiary/aromatic N) is 1. The molecule has 1 fully saturated rings. The fraction of sp³-hybridized carbons (Fsp3) is 0.571. The fourth-order valence-electron chi connectivity index (χ4n) is 2.61. The SMILES string of the molecule is CCS(=O)(=O)c1cccc(S(=O)(=O)N2CCC(CNC)C2)c1. The molecule has 0 bridgehead atoms. The van der Waals surface area contributed by atoms with Crippen LogP contribution in [0.25, 0.3) is 0 Å². The first-order chi connectivity index (χ1) is 10.3. The molecule has 1 atom stereocenters. The van der Waals surface area contributed by atoms with Gasteiger partial charge in [-0.15, -0.1) is 0 Å². The van der Waals surface area contributed by atoms with Crippen LogP contribution in [0.1, 0.15) is 13.3 Å². The summed E-state index contributed by atoms with van der Waals surface area (Å²) in [6, 6.07) is 5.64. The van der Waals surface area contributed by atoms with E-state index in [1.165, 1.54) is 28.6 Å². The van der Waals surface area contributed by atoms with Gasteiger partial charge < -0.3 is 5.32 Å². The van der Waals surface area contributed by atoms with Crippen molar-refractivity contribution >= 4 is 19.9 Å². The summed E-state index contributed by atoms with van der Waals surface area (Å²) >= 11 is 0. The Morgan fingerprint density at radius 2 is 1.91 bits per heavy atom. The molecule has 8 heteroatoms. The highest BCUT2D eigenvalue weighted by molar-refractivity contribution is 7.91. The third kappa shape index (κ3) is 3.51. The van der Waals surface area contributed by atoms with Crippen LogP contribution in [0.5, 0.6) is 0 Å². The fourth-order valence-corrected chi connectivity index (χ4v) is 5.19. The highest BCUT2D eigenvalue weighted by atomic mass is 32.2. The molecule has 0 radical (unpaired) electrons. The molecule has 1 aliphatic heterocycles. The third-order valence-corrected chi connectivity index (χ3v) is 7.52. The van der Waals surface area contributed by atoms with Crippen LogP contribution in [-0.4, -0.2) is 53.6 Å². The van der Waals surface area contributed by atoms with Crippen molar-refractivity contribution in [2.24, 2.45) is 5.92 Å². The minimum atomic E-state index is -3.64. The van der Waals surface area contributed by atoms with Gasteiger partial charge in [-0.2, -0.15) is 4.31 Å². The van der Waals surface area contributed by atoms with Crippen LogP contribution in [0.3, 0.4) is 0 Å². The Kier molecular flexibility index (Phi) is 5.26. The van der Waals surface area contributed by atoms with Crippen LogP contribution in [0.2, 0.25) is 0 Å². The van der Waals surface area contributed by atoms with Crippen molar-refractivity contribution in [3.63, 3.8) is 0 Å². The van der Waals surface area contributed by atoms with Crippen LogP contribution in [0.15, 0.2) is 34.1 Å². The number of nitrogens with one attached hydrogen (secondary N) is 1. The molecule has 1 aromatic carbocycles. The number of sulfonamides is 1. The minimum absolute atomic E-state index is 0.0483. The monoisotopic (exact) mass is 346 g/mol. The maximum absolute atomic E-state index is 12.7. The summed E-state index contributed by atoms with van der Waals surface area (Å²) in [6.07, 6.45) is 0.813. The first-order valence-corrected chi connectivity index (χ1v) is 10.4. The van der Waals surface area contributed by atoms with E-state index in [0.717, 1.165) is 13.0 Å². The topological polar surface area (TPSA) is 83.5 Å². The molecule has 0 amide bonds. The zero-order valence-electron chi connectivity index (χ0n) is 12.8. The number of hydrogen-bond acceptors (Lipinski definition) is 5. The molecule has 2 rings (SSSR count). The number of sulfone groups is 1. The van der Waals surface area contributed by atoms with Gasteiger partial charge in [-0.25, -0.2) is 16.8 Å². The van der Waals surface area contributed by atoms with Crippen LogP contribution >= 0.6 is 0 Å². The lowest BCUT2D eigenvalue weighted by atomic mass is 10.1. The van der Waals surface area contributed by atoms with E-state index in [9.17, 15) is 16.8 Å². The van der Waals surface area contributed by atoms with Crippen LogP contribution in [0.4, 0.5) is 0 Å². The molecule has 0 spiro atoms. The molecule has 0 aromatic heterocycles. The summed E-state index contributed by atoms with van der Waals surface area (Å²) in [4.78, 5) is 0.106. The lowest BCUT2D eigenvalue weighted by Gasteiger charge is -2.17. The Hall–Kier alpha value is -0.960. The third-order valence-electron chi connectivity index (χ3n) is 3.92. The van der Waals surface area contributed by atoms with Gasteiger partial charge in [0.05, 0.1) is 15.5 Å². The predicted molar refractivity (Wildman–Crippen MR) is 85.0 cm³/mol. The molecular weight excluding hydrogens is 324 g/mol. The van der Waals surface area contributed by atoms with Crippen LogP contribution in [0, 0.1) is 5.92 Å².